The molecule has 0 saturated carbocycles. The van der Waals surface area contributed by atoms with Crippen molar-refractivity contribution in [3.05, 3.63) is 120 Å². The first-order chi connectivity index (χ1) is 71.1. The topological polar surface area (TPSA) is 499 Å². The first-order valence-electron chi connectivity index (χ1n) is 50.0. The molecular formula is C105H136F4N16O24. The fourth-order valence-corrected chi connectivity index (χ4v) is 16.7. The van der Waals surface area contributed by atoms with Crippen molar-refractivity contribution in [3.63, 3.8) is 0 Å². The average Bonchev–Trinajstić information content (AvgIpc) is 1.61. The molecule has 44 heteroatoms. The van der Waals surface area contributed by atoms with E-state index < -0.39 is 177 Å². The Bertz CT molecular complexity index is 5830. The molecule has 4 atom stereocenters. The summed E-state index contributed by atoms with van der Waals surface area (Å²) in [6, 6.07) is 28.3. The van der Waals surface area contributed by atoms with Gasteiger partial charge in [-0.25, -0.2) is 57.4 Å². The number of rotatable bonds is 68. The molecule has 8 heterocycles. The molecular weight excluding hydrogens is 1950 g/mol. The van der Waals surface area contributed by atoms with Gasteiger partial charge in [-0.15, -0.1) is 0 Å². The van der Waals surface area contributed by atoms with E-state index in [2.05, 4.69) is 41.2 Å². The summed E-state index contributed by atoms with van der Waals surface area (Å²) in [5, 5.41) is 56.8. The monoisotopic (exact) mass is 2080 g/mol. The van der Waals surface area contributed by atoms with Crippen LogP contribution in [0, 0.1) is 5.41 Å². The zero-order valence-corrected chi connectivity index (χ0v) is 86.3. The maximum Gasteiger partial charge on any atom is 0.260 e. The van der Waals surface area contributed by atoms with E-state index in [0.29, 0.717) is 115 Å². The summed E-state index contributed by atoms with van der Waals surface area (Å²) < 4.78 is 142. The number of nitrogens with zero attached hydrogens (tertiary/aromatic N) is 12. The highest BCUT2D eigenvalue weighted by Crippen LogP contribution is 2.39. The molecule has 8 N–H and O–H groups in total. The molecule has 4 aromatic carbocycles. The highest BCUT2D eigenvalue weighted by molar-refractivity contribution is 6.14. The van der Waals surface area contributed by atoms with Crippen molar-refractivity contribution < 1.29 is 133 Å². The lowest BCUT2D eigenvalue weighted by molar-refractivity contribution is -0.131. The normalized spacial score (nSPS) is 13.3. The van der Waals surface area contributed by atoms with Gasteiger partial charge >= 0.3 is 0 Å². The number of halogens is 4. The summed E-state index contributed by atoms with van der Waals surface area (Å²) in [6.45, 7) is 17.6. The average molecular weight is 2080 g/mol. The Morgan fingerprint density at radius 3 is 0.685 bits per heavy atom. The predicted molar refractivity (Wildman–Crippen MR) is 547 cm³/mol. The first kappa shape index (κ1) is 116. The number of aliphatic hydroxyl groups is 4. The number of ketones is 4. The van der Waals surface area contributed by atoms with Crippen molar-refractivity contribution in [1.82, 2.24) is 58.1 Å². The highest BCUT2D eigenvalue weighted by Gasteiger charge is 2.37. The van der Waals surface area contributed by atoms with Gasteiger partial charge in [-0.1, -0.05) is 72.8 Å². The van der Waals surface area contributed by atoms with Crippen molar-refractivity contribution in [2.24, 2.45) is 5.41 Å². The van der Waals surface area contributed by atoms with Gasteiger partial charge in [-0.05, 0) is 133 Å². The van der Waals surface area contributed by atoms with Gasteiger partial charge in [0.2, 0.25) is 0 Å². The Morgan fingerprint density at radius 2 is 0.490 bits per heavy atom. The quantitative estimate of drug-likeness (QED) is 0.0130. The largest absolute Gasteiger partial charge is 0.389 e. The second kappa shape index (κ2) is 54.2. The molecule has 8 aromatic heterocycles. The van der Waals surface area contributed by atoms with Gasteiger partial charge in [-0.3, -0.25) is 38.4 Å². The first-order valence-corrected chi connectivity index (χ1v) is 50.0. The van der Waals surface area contributed by atoms with E-state index in [4.69, 9.17) is 76.8 Å². The third kappa shape index (κ3) is 33.0. The molecule has 12 aromatic rings. The molecule has 808 valence electrons. The van der Waals surface area contributed by atoms with E-state index in [1.807, 2.05) is 52.0 Å². The molecule has 0 radical (unpaired) electrons. The van der Waals surface area contributed by atoms with Crippen LogP contribution in [0.3, 0.4) is 0 Å². The Labute approximate surface area is 858 Å². The maximum atomic E-state index is 16.0. The summed E-state index contributed by atoms with van der Waals surface area (Å²) in [4.78, 5) is 146. The fourth-order valence-electron chi connectivity index (χ4n) is 16.7. The van der Waals surface area contributed by atoms with Crippen molar-refractivity contribution in [2.45, 2.75) is 234 Å². The number of imidazole rings is 4. The van der Waals surface area contributed by atoms with E-state index >= 15 is 17.6 Å². The number of Topliss-reactive ketones (excluding diaryl/α,β-unsaturated/α-hetero) is 4. The third-order valence-corrected chi connectivity index (χ3v) is 23.6. The predicted octanol–water partition coefficient (Wildman–Crippen LogP) is 12.2. The molecule has 149 heavy (non-hydrogen) atoms. The molecule has 0 aliphatic carbocycles. The van der Waals surface area contributed by atoms with Gasteiger partial charge in [0.25, 0.3) is 23.6 Å². The van der Waals surface area contributed by atoms with Gasteiger partial charge in [0.1, 0.15) is 98.2 Å². The summed E-state index contributed by atoms with van der Waals surface area (Å²) in [5.74, 6) is -5.05. The number of anilines is 4. The molecule has 0 fully saturated rings. The number of carbonyl (C=O) groups is 8. The summed E-state index contributed by atoms with van der Waals surface area (Å²) >= 11 is 0. The van der Waals surface area contributed by atoms with E-state index in [1.54, 1.807) is 146 Å². The molecule has 4 amide bonds. The number of carbonyl (C=O) groups excluding carboxylic acids is 8. The molecule has 0 unspecified atom stereocenters. The van der Waals surface area contributed by atoms with Crippen molar-refractivity contribution in [1.29, 1.82) is 0 Å². The highest BCUT2D eigenvalue weighted by atomic mass is 19.1. The van der Waals surface area contributed by atoms with Gasteiger partial charge in [-0.2, -0.15) is 0 Å². The maximum absolute atomic E-state index is 16.0. The van der Waals surface area contributed by atoms with E-state index in [9.17, 15) is 58.8 Å². The van der Waals surface area contributed by atoms with Gasteiger partial charge < -0.3 is 117 Å². The van der Waals surface area contributed by atoms with Gasteiger partial charge in [0, 0.05) is 73.7 Å². The van der Waals surface area contributed by atoms with Crippen LogP contribution in [0.5, 0.6) is 0 Å². The zero-order valence-electron chi connectivity index (χ0n) is 86.3. The molecule has 0 aliphatic rings. The number of pyridine rings is 4. The number of fused-ring (bicyclic) bond motifs is 12. The lowest BCUT2D eigenvalue weighted by atomic mass is 9.92. The summed E-state index contributed by atoms with van der Waals surface area (Å²) in [5.41, 5.74) is -1.36. The van der Waals surface area contributed by atoms with E-state index in [1.165, 1.54) is 0 Å². The van der Waals surface area contributed by atoms with Gasteiger partial charge in [0.15, 0.2) is 71.1 Å². The minimum atomic E-state index is -2.20. The van der Waals surface area contributed by atoms with Crippen LogP contribution >= 0.6 is 0 Å². The minimum absolute atomic E-state index is 0.0446. The lowest BCUT2D eigenvalue weighted by Gasteiger charge is -2.33. The number of ether oxygens (including phenoxy) is 12. The molecule has 0 saturated heterocycles. The second-order valence-corrected chi connectivity index (χ2v) is 39.0. The number of alkyl halides is 4. The van der Waals surface area contributed by atoms with Crippen molar-refractivity contribution in [3.8, 4) is 0 Å². The fraction of sp³-hybridized carbons (Fsp3) is 0.543. The number of para-hydroxylation sites is 4. The Kier molecular flexibility index (Phi) is 42.1. The van der Waals surface area contributed by atoms with Gasteiger partial charge in [0.05, 0.1) is 177 Å². The van der Waals surface area contributed by atoms with Crippen molar-refractivity contribution >= 4 is 158 Å². The van der Waals surface area contributed by atoms with Crippen LogP contribution in [0.4, 0.5) is 40.8 Å². The van der Waals surface area contributed by atoms with Crippen LogP contribution in [0.15, 0.2) is 97.1 Å². The summed E-state index contributed by atoms with van der Waals surface area (Å²) in [6.07, 6.45) is -12.6. The lowest BCUT2D eigenvalue weighted by Crippen LogP contribution is -2.43. The molecule has 0 spiro atoms. The minimum Gasteiger partial charge on any atom is -0.389 e. The number of amides is 4. The van der Waals surface area contributed by atoms with Crippen LogP contribution in [-0.4, -0.2) is 305 Å². The Balaban J connectivity index is 0.691. The van der Waals surface area contributed by atoms with E-state index in [-0.39, 0.29) is 177 Å². The Hall–Kier alpha value is -12.0. The zero-order chi connectivity index (χ0) is 107. The number of nitrogens with one attached hydrogen (secondary N) is 4. The molecule has 12 rings (SSSR count). The molecule has 0 aliphatic heterocycles. The molecule has 40 nitrogen and oxygen atoms in total. The van der Waals surface area contributed by atoms with E-state index in [0.717, 1.165) is 0 Å². The second-order valence-electron chi connectivity index (χ2n) is 39.0. The Morgan fingerprint density at radius 1 is 0.295 bits per heavy atom. The van der Waals surface area contributed by atoms with Crippen molar-refractivity contribution in [2.75, 3.05) is 153 Å². The molecule has 0 bridgehead atoms. The number of hydrogen-bond acceptors (Lipinski definition) is 32. The van der Waals surface area contributed by atoms with Crippen LogP contribution in [0.1, 0.15) is 158 Å². The number of hydrogen-bond donors (Lipinski definition) is 8. The number of aromatic nitrogens is 12. The third-order valence-electron chi connectivity index (χ3n) is 23.6. The number of benzene rings is 4. The smallest absolute Gasteiger partial charge is 0.260 e. The summed E-state index contributed by atoms with van der Waals surface area (Å²) in [7, 11) is 0. The van der Waals surface area contributed by atoms with Crippen LogP contribution in [0.2, 0.25) is 0 Å². The van der Waals surface area contributed by atoms with Crippen LogP contribution in [-0.2, 0) is 148 Å². The van der Waals surface area contributed by atoms with Crippen LogP contribution in [0.25, 0.3) is 87.7 Å². The SMILES string of the molecule is CCOCc1nc2c(NC(=O)[C@H](F)CCC(=O)COCCOCC(COCCOCC(=O)CC[C@@H](F)C(=O)Nc3nc4ccccc4c4c3nc(COCC)n4CC(C)(C)O)(COCCOCC(=O)CC[C@@H](F)C(=O)Nc3nc4ccccc4c4c3nc(COCC)n4CC(C)(C)O)COCCOCC(=O)CC[C@@H](F)C(=O)Nc3nc4ccccc4c4c3nc(COCC)n4CC(C)(C)O)nc3ccccc3c2n1CC(C)(C)O. The standard InChI is InChI=1S/C105H136F4N16O24/c1-13-138-53-81-114-85-89(122(81)57-101(5,6)134)69-25-17-21-29-77(69)110-93(85)118-97(130)73(106)37-33-65(126)49-142-41-45-146-61-105(62-147-46-42-143-50-66(127)34-38-74(107)98(131)119-94-86-90(70-26-18-22-30-78(70)111-94)123(58-102(7,8)135)82(115-86)54-139-14-2,63-148-47-43-144-51-67(128)35-39-75(108)99(132)120-95-87-91(71-27-19-23-31-79(71)112-95)124(59-103(9,10)136)83(116-87)55-140-15-3)64-149-48-44-145-52-68(129)36-40-76(109)100(133)121-96-88-92(72-28-20-24-32-80(72)113-96)125(60-104(11,12)137)84(117-88)56-141-16-4/h17-32,73-76,134-137H,13-16,33-64H2,1-12H3,(H,110,118,130)(H,111,119,131)(H,112,120,132)(H,113,121,133)/t73-,74-,75-,76-/m1/s1. The van der Waals surface area contributed by atoms with Crippen LogP contribution < -0.4 is 21.3 Å².